The fourth-order valence-corrected chi connectivity index (χ4v) is 7.15. The zero-order valence-electron chi connectivity index (χ0n) is 36.6. The molecule has 3 N–H and O–H groups in total. The summed E-state index contributed by atoms with van der Waals surface area (Å²) in [6, 6.07) is -0.709. The quantitative estimate of drug-likeness (QED) is 0.0326. The summed E-state index contributed by atoms with van der Waals surface area (Å²) in [7, 11) is 0. The SMILES string of the molecule is CC/C=C/C/C=C/C/C=C/CCCCC(CC(=O)NC(CO)C(O)CCCCCCCCCCCCCCCC)OC(=O)CCCCCCCCCCCC. The Morgan fingerprint density at radius 2 is 0.982 bits per heavy atom. The molecule has 0 fully saturated rings. The highest BCUT2D eigenvalue weighted by molar-refractivity contribution is 5.77. The van der Waals surface area contributed by atoms with Gasteiger partial charge in [-0.2, -0.15) is 0 Å². The largest absolute Gasteiger partial charge is 0.462 e. The highest BCUT2D eigenvalue weighted by Gasteiger charge is 2.24. The minimum atomic E-state index is -0.793. The molecular formula is C49H91NO5. The summed E-state index contributed by atoms with van der Waals surface area (Å²) in [4.78, 5) is 26.0. The molecule has 55 heavy (non-hydrogen) atoms. The lowest BCUT2D eigenvalue weighted by Gasteiger charge is -2.24. The lowest BCUT2D eigenvalue weighted by molar-refractivity contribution is -0.151. The molecule has 0 heterocycles. The smallest absolute Gasteiger partial charge is 0.306 e. The van der Waals surface area contributed by atoms with E-state index in [1.807, 2.05) is 0 Å². The van der Waals surface area contributed by atoms with Gasteiger partial charge < -0.3 is 20.3 Å². The third-order valence-corrected chi connectivity index (χ3v) is 10.7. The van der Waals surface area contributed by atoms with Crippen LogP contribution < -0.4 is 5.32 Å². The molecule has 0 aliphatic carbocycles. The maximum absolute atomic E-state index is 13.1. The van der Waals surface area contributed by atoms with Crippen LogP contribution in [0.15, 0.2) is 36.5 Å². The van der Waals surface area contributed by atoms with E-state index in [0.717, 1.165) is 77.0 Å². The van der Waals surface area contributed by atoms with Crippen molar-refractivity contribution in [3.8, 4) is 0 Å². The van der Waals surface area contributed by atoms with Crippen molar-refractivity contribution in [2.75, 3.05) is 6.61 Å². The standard InChI is InChI=1S/C49H91NO5/c1-4-7-10-13-16-19-22-24-25-27-29-32-35-38-41-47(52)46(44-51)50-48(53)43-45(40-37-34-31-28-26-23-20-17-14-11-8-5-2)55-49(54)42-39-36-33-30-21-18-15-12-9-6-3/h8,11,17,20,26,28,45-47,51-52H,4-7,9-10,12-16,18-19,21-25,27,29-44H2,1-3H3,(H,50,53)/b11-8+,20-17+,28-26+. The topological polar surface area (TPSA) is 95.9 Å². The van der Waals surface area contributed by atoms with Gasteiger partial charge in [-0.3, -0.25) is 9.59 Å². The molecule has 0 aromatic carbocycles. The number of carbonyl (C=O) groups excluding carboxylic acids is 2. The number of amides is 1. The van der Waals surface area contributed by atoms with Gasteiger partial charge in [0.2, 0.25) is 5.91 Å². The van der Waals surface area contributed by atoms with Gasteiger partial charge in [0.1, 0.15) is 6.10 Å². The summed E-state index contributed by atoms with van der Waals surface area (Å²) in [6.45, 7) is 6.34. The van der Waals surface area contributed by atoms with Gasteiger partial charge in [0.15, 0.2) is 0 Å². The van der Waals surface area contributed by atoms with Crippen molar-refractivity contribution in [3.63, 3.8) is 0 Å². The van der Waals surface area contributed by atoms with E-state index in [0.29, 0.717) is 19.3 Å². The number of aliphatic hydroxyl groups is 2. The van der Waals surface area contributed by atoms with Crippen molar-refractivity contribution in [1.82, 2.24) is 5.32 Å². The lowest BCUT2D eigenvalue weighted by atomic mass is 10.0. The molecule has 0 bridgehead atoms. The molecule has 0 saturated heterocycles. The minimum Gasteiger partial charge on any atom is -0.462 e. The third kappa shape index (κ3) is 38.7. The van der Waals surface area contributed by atoms with Gasteiger partial charge >= 0.3 is 5.97 Å². The summed E-state index contributed by atoms with van der Waals surface area (Å²) in [5.41, 5.74) is 0. The molecule has 6 heteroatoms. The van der Waals surface area contributed by atoms with Crippen molar-refractivity contribution in [3.05, 3.63) is 36.5 Å². The van der Waals surface area contributed by atoms with Crippen molar-refractivity contribution in [1.29, 1.82) is 0 Å². The first-order valence-corrected chi connectivity index (χ1v) is 23.7. The van der Waals surface area contributed by atoms with E-state index in [1.165, 1.54) is 116 Å². The number of hydrogen-bond acceptors (Lipinski definition) is 5. The number of hydrogen-bond donors (Lipinski definition) is 3. The van der Waals surface area contributed by atoms with Crippen molar-refractivity contribution in [2.24, 2.45) is 0 Å². The van der Waals surface area contributed by atoms with Gasteiger partial charge in [0.05, 0.1) is 25.2 Å². The summed E-state index contributed by atoms with van der Waals surface area (Å²) in [6.07, 6.45) is 49.2. The van der Waals surface area contributed by atoms with Crippen LogP contribution in [0, 0.1) is 0 Å². The number of allylic oxidation sites excluding steroid dienone is 6. The van der Waals surface area contributed by atoms with Crippen LogP contribution in [-0.2, 0) is 14.3 Å². The second-order valence-electron chi connectivity index (χ2n) is 16.1. The normalized spacial score (nSPS) is 13.6. The van der Waals surface area contributed by atoms with Crippen LogP contribution in [0.2, 0.25) is 0 Å². The van der Waals surface area contributed by atoms with Crippen LogP contribution in [0.1, 0.15) is 239 Å². The van der Waals surface area contributed by atoms with Gasteiger partial charge in [0.25, 0.3) is 0 Å². The van der Waals surface area contributed by atoms with Gasteiger partial charge in [-0.15, -0.1) is 0 Å². The van der Waals surface area contributed by atoms with Crippen molar-refractivity contribution < 1.29 is 24.5 Å². The van der Waals surface area contributed by atoms with Crippen LogP contribution >= 0.6 is 0 Å². The highest BCUT2D eigenvalue weighted by Crippen LogP contribution is 2.17. The van der Waals surface area contributed by atoms with Crippen molar-refractivity contribution in [2.45, 2.75) is 257 Å². The number of nitrogens with one attached hydrogen (secondary N) is 1. The number of carbonyl (C=O) groups is 2. The zero-order valence-corrected chi connectivity index (χ0v) is 36.6. The third-order valence-electron chi connectivity index (χ3n) is 10.7. The molecule has 0 aromatic rings. The fourth-order valence-electron chi connectivity index (χ4n) is 7.15. The Labute approximate surface area is 341 Å². The number of rotatable bonds is 42. The predicted molar refractivity (Wildman–Crippen MR) is 236 cm³/mol. The van der Waals surface area contributed by atoms with Crippen LogP contribution in [0.3, 0.4) is 0 Å². The second kappa shape index (κ2) is 43.2. The minimum absolute atomic E-state index is 0.0545. The average Bonchev–Trinajstić information content (AvgIpc) is 3.18. The van der Waals surface area contributed by atoms with E-state index in [9.17, 15) is 19.8 Å². The molecule has 3 atom stereocenters. The Balaban J connectivity index is 4.58. The molecule has 0 spiro atoms. The van der Waals surface area contributed by atoms with Gasteiger partial charge in [-0.05, 0) is 57.8 Å². The number of esters is 1. The average molecular weight is 774 g/mol. The summed E-state index contributed by atoms with van der Waals surface area (Å²) in [5, 5.41) is 23.7. The first kappa shape index (κ1) is 53.1. The van der Waals surface area contributed by atoms with E-state index in [-0.39, 0.29) is 24.9 Å². The number of unbranched alkanes of at least 4 members (excludes halogenated alkanes) is 24. The summed E-state index contributed by atoms with van der Waals surface area (Å²) >= 11 is 0. The maximum Gasteiger partial charge on any atom is 0.306 e. The molecule has 0 aliphatic rings. The summed E-state index contributed by atoms with van der Waals surface area (Å²) < 4.78 is 5.88. The van der Waals surface area contributed by atoms with Crippen LogP contribution in [0.5, 0.6) is 0 Å². The molecule has 322 valence electrons. The van der Waals surface area contributed by atoms with Gasteiger partial charge in [-0.1, -0.05) is 205 Å². The Morgan fingerprint density at radius 3 is 1.47 bits per heavy atom. The van der Waals surface area contributed by atoms with Crippen molar-refractivity contribution >= 4 is 11.9 Å². The van der Waals surface area contributed by atoms with Crippen LogP contribution in [0.4, 0.5) is 0 Å². The molecule has 3 unspecified atom stereocenters. The van der Waals surface area contributed by atoms with E-state index in [1.54, 1.807) is 0 Å². The second-order valence-corrected chi connectivity index (χ2v) is 16.1. The zero-order chi connectivity index (χ0) is 40.3. The van der Waals surface area contributed by atoms with Gasteiger partial charge in [-0.25, -0.2) is 0 Å². The van der Waals surface area contributed by atoms with E-state index < -0.39 is 18.2 Å². The Bertz CT molecular complexity index is 915. The maximum atomic E-state index is 13.1. The molecule has 6 nitrogen and oxygen atoms in total. The van der Waals surface area contributed by atoms with E-state index in [4.69, 9.17) is 4.74 Å². The lowest BCUT2D eigenvalue weighted by Crippen LogP contribution is -2.46. The van der Waals surface area contributed by atoms with Gasteiger partial charge in [0, 0.05) is 6.42 Å². The summed E-state index contributed by atoms with van der Waals surface area (Å²) in [5.74, 6) is -0.509. The number of ether oxygens (including phenoxy) is 1. The molecule has 0 aliphatic heterocycles. The molecule has 0 rings (SSSR count). The monoisotopic (exact) mass is 774 g/mol. The molecular weight excluding hydrogens is 683 g/mol. The highest BCUT2D eigenvalue weighted by atomic mass is 16.5. The van der Waals surface area contributed by atoms with E-state index >= 15 is 0 Å². The Morgan fingerprint density at radius 1 is 0.545 bits per heavy atom. The first-order valence-electron chi connectivity index (χ1n) is 23.7. The molecule has 0 radical (unpaired) electrons. The molecule has 0 saturated carbocycles. The Hall–Kier alpha value is -1.92. The molecule has 1 amide bonds. The fraction of sp³-hybridized carbons (Fsp3) is 0.837. The molecule has 0 aromatic heterocycles. The predicted octanol–water partition coefficient (Wildman–Crippen LogP) is 13.7. The van der Waals surface area contributed by atoms with E-state index in [2.05, 4.69) is 62.5 Å². The number of aliphatic hydroxyl groups excluding tert-OH is 2. The van der Waals surface area contributed by atoms with Crippen LogP contribution in [-0.4, -0.2) is 46.9 Å². The Kier molecular flexibility index (Phi) is 41.7. The first-order chi connectivity index (χ1) is 27.0. The van der Waals surface area contributed by atoms with Crippen LogP contribution in [0.25, 0.3) is 0 Å².